The Morgan fingerprint density at radius 2 is 2.60 bits per heavy atom. The van der Waals surface area contributed by atoms with Crippen molar-refractivity contribution in [2.24, 2.45) is 0 Å². The Labute approximate surface area is 58.7 Å². The number of carbonyl (C=O) groups is 1. The lowest BCUT2D eigenvalue weighted by molar-refractivity contribution is -0.142. The van der Waals surface area contributed by atoms with Crippen LogP contribution in [0.1, 0.15) is 6.42 Å². The first-order chi connectivity index (χ1) is 4.70. The highest BCUT2D eigenvalue weighted by atomic mass is 16.7. The smallest absolute Gasteiger partial charge is 0.305 e. The second-order valence-electron chi connectivity index (χ2n) is 2.15. The summed E-state index contributed by atoms with van der Waals surface area (Å²) in [7, 11) is 1.70. The molecule has 0 aliphatic carbocycles. The summed E-state index contributed by atoms with van der Waals surface area (Å²) in [6.07, 6.45) is 3.30. The molecule has 0 spiro atoms. The highest BCUT2D eigenvalue weighted by molar-refractivity contribution is 5.67. The van der Waals surface area contributed by atoms with Crippen molar-refractivity contribution in [3.8, 4) is 0 Å². The number of nitrogens with zero attached hydrogens (tertiary/aromatic N) is 1. The summed E-state index contributed by atoms with van der Waals surface area (Å²) in [5, 5.41) is 9.88. The van der Waals surface area contributed by atoms with Crippen LogP contribution in [-0.4, -0.2) is 29.2 Å². The van der Waals surface area contributed by atoms with E-state index in [2.05, 4.69) is 0 Å². The quantitative estimate of drug-likeness (QED) is 0.600. The Balaban J connectivity index is 2.40. The molecule has 10 heavy (non-hydrogen) atoms. The maximum atomic E-state index is 10.2. The van der Waals surface area contributed by atoms with E-state index < -0.39 is 5.97 Å². The maximum absolute atomic E-state index is 10.2. The lowest BCUT2D eigenvalue weighted by Crippen LogP contribution is -2.26. The third-order valence-corrected chi connectivity index (χ3v) is 1.38. The normalized spacial score (nSPS) is 24.7. The second-order valence-corrected chi connectivity index (χ2v) is 2.15. The van der Waals surface area contributed by atoms with E-state index >= 15 is 0 Å². The monoisotopic (exact) mass is 143 g/mol. The van der Waals surface area contributed by atoms with Crippen molar-refractivity contribution in [1.29, 1.82) is 0 Å². The largest absolute Gasteiger partial charge is 0.481 e. The van der Waals surface area contributed by atoms with Crippen molar-refractivity contribution in [2.45, 2.75) is 12.5 Å². The highest BCUT2D eigenvalue weighted by Gasteiger charge is 2.19. The summed E-state index contributed by atoms with van der Waals surface area (Å²) in [5.74, 6) is -0.813. The SMILES string of the molecule is CN1OC=CC1CC(=O)O. The van der Waals surface area contributed by atoms with Crippen LogP contribution in [0.2, 0.25) is 0 Å². The fraction of sp³-hybridized carbons (Fsp3) is 0.500. The van der Waals surface area contributed by atoms with E-state index in [-0.39, 0.29) is 12.5 Å². The topological polar surface area (TPSA) is 49.8 Å². The maximum Gasteiger partial charge on any atom is 0.305 e. The zero-order chi connectivity index (χ0) is 7.56. The molecule has 0 aromatic heterocycles. The molecule has 0 bridgehead atoms. The van der Waals surface area contributed by atoms with Crippen LogP contribution in [0.15, 0.2) is 12.3 Å². The van der Waals surface area contributed by atoms with Gasteiger partial charge in [0.15, 0.2) is 0 Å². The first-order valence-corrected chi connectivity index (χ1v) is 2.98. The molecule has 1 heterocycles. The van der Waals surface area contributed by atoms with Gasteiger partial charge in [-0.3, -0.25) is 4.79 Å². The fourth-order valence-electron chi connectivity index (χ4n) is 0.797. The molecule has 0 fully saturated rings. The van der Waals surface area contributed by atoms with Crippen LogP contribution in [0.4, 0.5) is 0 Å². The Kier molecular flexibility index (Phi) is 1.91. The Morgan fingerprint density at radius 3 is 3.00 bits per heavy atom. The van der Waals surface area contributed by atoms with Gasteiger partial charge in [-0.2, -0.15) is 0 Å². The molecule has 0 aromatic rings. The number of hydrogen-bond donors (Lipinski definition) is 1. The van der Waals surface area contributed by atoms with Crippen LogP contribution >= 0.6 is 0 Å². The molecule has 0 saturated carbocycles. The zero-order valence-corrected chi connectivity index (χ0v) is 5.65. The average molecular weight is 143 g/mol. The Bertz CT molecular complexity index is 166. The molecule has 1 atom stereocenters. The van der Waals surface area contributed by atoms with E-state index in [1.807, 2.05) is 0 Å². The summed E-state index contributed by atoms with van der Waals surface area (Å²) in [6, 6.07) is -0.113. The first kappa shape index (κ1) is 7.08. The van der Waals surface area contributed by atoms with Crippen LogP contribution in [0.5, 0.6) is 0 Å². The van der Waals surface area contributed by atoms with Crippen LogP contribution in [-0.2, 0) is 9.63 Å². The molecule has 4 nitrogen and oxygen atoms in total. The van der Waals surface area contributed by atoms with Crippen LogP contribution < -0.4 is 0 Å². The standard InChI is InChI=1S/C6H9NO3/c1-7-5(2-3-10-7)4-6(8)9/h2-3,5H,4H2,1H3,(H,8,9). The van der Waals surface area contributed by atoms with Crippen LogP contribution in [0.25, 0.3) is 0 Å². The molecular weight excluding hydrogens is 134 g/mol. The van der Waals surface area contributed by atoms with E-state index in [1.165, 1.54) is 11.3 Å². The molecule has 0 amide bonds. The number of rotatable bonds is 2. The van der Waals surface area contributed by atoms with Gasteiger partial charge in [-0.1, -0.05) is 0 Å². The van der Waals surface area contributed by atoms with Crippen LogP contribution in [0.3, 0.4) is 0 Å². The molecule has 1 aliphatic heterocycles. The second kappa shape index (κ2) is 2.70. The lowest BCUT2D eigenvalue weighted by Gasteiger charge is -2.14. The lowest BCUT2D eigenvalue weighted by atomic mass is 10.2. The number of aliphatic carboxylic acids is 1. The number of hydroxylamine groups is 2. The predicted octanol–water partition coefficient (Wildman–Crippen LogP) is 0.220. The third-order valence-electron chi connectivity index (χ3n) is 1.38. The fourth-order valence-corrected chi connectivity index (χ4v) is 0.797. The van der Waals surface area contributed by atoms with Crippen molar-refractivity contribution >= 4 is 5.97 Å². The predicted molar refractivity (Wildman–Crippen MR) is 34.0 cm³/mol. The van der Waals surface area contributed by atoms with Crippen molar-refractivity contribution in [3.63, 3.8) is 0 Å². The van der Waals surface area contributed by atoms with Crippen molar-refractivity contribution in [3.05, 3.63) is 12.3 Å². The minimum atomic E-state index is -0.813. The van der Waals surface area contributed by atoms with Crippen molar-refractivity contribution in [2.75, 3.05) is 7.05 Å². The van der Waals surface area contributed by atoms with Gasteiger partial charge in [-0.05, 0) is 6.08 Å². The van der Waals surface area contributed by atoms with E-state index in [0.29, 0.717) is 0 Å². The van der Waals surface area contributed by atoms with Crippen LogP contribution in [0, 0.1) is 0 Å². The molecule has 0 aromatic carbocycles. The molecule has 56 valence electrons. The average Bonchev–Trinajstić information content (AvgIpc) is 2.15. The number of carboxylic acids is 1. The molecule has 1 N–H and O–H groups in total. The minimum absolute atomic E-state index is 0.0903. The molecule has 1 rings (SSSR count). The van der Waals surface area contributed by atoms with E-state index in [1.54, 1.807) is 13.1 Å². The van der Waals surface area contributed by atoms with Gasteiger partial charge < -0.3 is 9.94 Å². The van der Waals surface area contributed by atoms with Gasteiger partial charge >= 0.3 is 5.97 Å². The zero-order valence-electron chi connectivity index (χ0n) is 5.65. The van der Waals surface area contributed by atoms with E-state index in [0.717, 1.165) is 0 Å². The number of likely N-dealkylation sites (N-methyl/N-ethyl adjacent to an activating group) is 1. The molecule has 1 aliphatic rings. The van der Waals surface area contributed by atoms with Gasteiger partial charge in [0.2, 0.25) is 0 Å². The summed E-state index contributed by atoms with van der Waals surface area (Å²) in [5.41, 5.74) is 0. The van der Waals surface area contributed by atoms with Gasteiger partial charge in [0.05, 0.1) is 12.5 Å². The first-order valence-electron chi connectivity index (χ1n) is 2.98. The summed E-state index contributed by atoms with van der Waals surface area (Å²) in [6.45, 7) is 0. The van der Waals surface area contributed by atoms with Crippen molar-refractivity contribution < 1.29 is 14.7 Å². The molecule has 0 saturated heterocycles. The third kappa shape index (κ3) is 1.48. The number of carboxylic acid groups (broad SMARTS) is 1. The molecular formula is C6H9NO3. The van der Waals surface area contributed by atoms with Gasteiger partial charge in [-0.25, -0.2) is 0 Å². The minimum Gasteiger partial charge on any atom is -0.481 e. The highest BCUT2D eigenvalue weighted by Crippen LogP contribution is 2.10. The van der Waals surface area contributed by atoms with Gasteiger partial charge in [0.1, 0.15) is 6.26 Å². The molecule has 1 unspecified atom stereocenters. The van der Waals surface area contributed by atoms with Gasteiger partial charge in [0.25, 0.3) is 0 Å². The summed E-state index contributed by atoms with van der Waals surface area (Å²) < 4.78 is 0. The van der Waals surface area contributed by atoms with Gasteiger partial charge in [0, 0.05) is 7.05 Å². The van der Waals surface area contributed by atoms with E-state index in [9.17, 15) is 4.79 Å². The summed E-state index contributed by atoms with van der Waals surface area (Å²) in [4.78, 5) is 15.0. The molecule has 0 radical (unpaired) electrons. The Morgan fingerprint density at radius 1 is 1.90 bits per heavy atom. The Hall–Kier alpha value is -1.03. The number of hydrogen-bond acceptors (Lipinski definition) is 3. The molecule has 4 heteroatoms. The van der Waals surface area contributed by atoms with Gasteiger partial charge in [-0.15, -0.1) is 5.06 Å². The van der Waals surface area contributed by atoms with Crippen molar-refractivity contribution in [1.82, 2.24) is 5.06 Å². The summed E-state index contributed by atoms with van der Waals surface area (Å²) >= 11 is 0. The van der Waals surface area contributed by atoms with E-state index in [4.69, 9.17) is 9.94 Å².